The van der Waals surface area contributed by atoms with Crippen LogP contribution in [0.5, 0.6) is 0 Å². The van der Waals surface area contributed by atoms with E-state index in [4.69, 9.17) is 0 Å². The molecule has 8 nitrogen and oxygen atoms in total. The maximum absolute atomic E-state index is 12.3. The summed E-state index contributed by atoms with van der Waals surface area (Å²) in [5.41, 5.74) is 3.09. The molecule has 3 rings (SSSR count). The zero-order valence-electron chi connectivity index (χ0n) is 17.7. The van der Waals surface area contributed by atoms with Gasteiger partial charge in [-0.1, -0.05) is 0 Å². The number of anilines is 1. The first-order valence-corrected chi connectivity index (χ1v) is 9.83. The zero-order chi connectivity index (χ0) is 20.4. The van der Waals surface area contributed by atoms with E-state index >= 15 is 0 Å². The van der Waals surface area contributed by atoms with Gasteiger partial charge in [0.1, 0.15) is 5.82 Å². The lowest BCUT2D eigenvalue weighted by atomic mass is 10.2. The molecule has 8 heteroatoms. The monoisotopic (exact) mass is 385 g/mol. The molecule has 1 amide bonds. The molecule has 152 valence electrons. The van der Waals surface area contributed by atoms with Gasteiger partial charge >= 0.3 is 0 Å². The van der Waals surface area contributed by atoms with Crippen LogP contribution >= 0.6 is 0 Å². The summed E-state index contributed by atoms with van der Waals surface area (Å²) in [6.45, 7) is 10.9. The molecular formula is C20H31N7O. The second-order valence-corrected chi connectivity index (χ2v) is 7.98. The Morgan fingerprint density at radius 3 is 2.75 bits per heavy atom. The fraction of sp³-hybridized carbons (Fsp3) is 0.600. The number of aromatic nitrogens is 4. The first kappa shape index (κ1) is 20.3. The van der Waals surface area contributed by atoms with Crippen molar-refractivity contribution in [3.63, 3.8) is 0 Å². The Kier molecular flexibility index (Phi) is 5.98. The minimum absolute atomic E-state index is 0.167. The number of rotatable bonds is 6. The van der Waals surface area contributed by atoms with Crippen LogP contribution in [0.4, 0.5) is 5.82 Å². The SMILES string of the molecule is Cc1nc(C(=O)N(C)C)nc(N2CC[C@@H](NCc3cncn3C(C)C)C2)c1C. The first-order chi connectivity index (χ1) is 13.3. The van der Waals surface area contributed by atoms with Gasteiger partial charge in [0.25, 0.3) is 5.91 Å². The van der Waals surface area contributed by atoms with Crippen molar-refractivity contribution in [2.24, 2.45) is 0 Å². The number of nitrogens with zero attached hydrogens (tertiary/aromatic N) is 6. The number of nitrogens with one attached hydrogen (secondary N) is 1. The molecule has 1 aliphatic heterocycles. The Morgan fingerprint density at radius 2 is 2.07 bits per heavy atom. The number of imidazole rings is 1. The predicted octanol–water partition coefficient (Wildman–Crippen LogP) is 1.94. The van der Waals surface area contributed by atoms with Gasteiger partial charge in [-0.05, 0) is 34.1 Å². The van der Waals surface area contributed by atoms with Crippen LogP contribution in [-0.2, 0) is 6.54 Å². The van der Waals surface area contributed by atoms with Gasteiger partial charge in [0.05, 0.1) is 12.0 Å². The summed E-state index contributed by atoms with van der Waals surface area (Å²) >= 11 is 0. The van der Waals surface area contributed by atoms with Gasteiger partial charge in [0.2, 0.25) is 5.82 Å². The highest BCUT2D eigenvalue weighted by atomic mass is 16.2. The Hall–Kier alpha value is -2.48. The summed E-state index contributed by atoms with van der Waals surface area (Å²) in [5, 5.41) is 3.65. The molecule has 1 saturated heterocycles. The molecule has 0 radical (unpaired) electrons. The van der Waals surface area contributed by atoms with Gasteiger partial charge in [-0.15, -0.1) is 0 Å². The minimum atomic E-state index is -0.167. The maximum atomic E-state index is 12.3. The van der Waals surface area contributed by atoms with Crippen molar-refractivity contribution in [2.75, 3.05) is 32.1 Å². The summed E-state index contributed by atoms with van der Waals surface area (Å²) in [6.07, 6.45) is 4.85. The van der Waals surface area contributed by atoms with E-state index in [2.05, 4.69) is 43.6 Å². The highest BCUT2D eigenvalue weighted by molar-refractivity contribution is 5.90. The maximum Gasteiger partial charge on any atom is 0.291 e. The van der Waals surface area contributed by atoms with E-state index in [1.54, 1.807) is 14.1 Å². The Morgan fingerprint density at radius 1 is 1.32 bits per heavy atom. The number of hydrogen-bond donors (Lipinski definition) is 1. The minimum Gasteiger partial charge on any atom is -0.355 e. The third-order valence-corrected chi connectivity index (χ3v) is 5.32. The van der Waals surface area contributed by atoms with Crippen LogP contribution in [-0.4, -0.2) is 63.6 Å². The molecule has 0 aromatic carbocycles. The molecule has 28 heavy (non-hydrogen) atoms. The van der Waals surface area contributed by atoms with E-state index in [1.165, 1.54) is 10.6 Å². The van der Waals surface area contributed by atoms with Crippen molar-refractivity contribution in [3.8, 4) is 0 Å². The molecular weight excluding hydrogens is 354 g/mol. The lowest BCUT2D eigenvalue weighted by Gasteiger charge is -2.22. The van der Waals surface area contributed by atoms with Gasteiger partial charge < -0.3 is 19.7 Å². The van der Waals surface area contributed by atoms with Crippen LogP contribution in [0.1, 0.15) is 53.9 Å². The molecule has 0 unspecified atom stereocenters. The smallest absolute Gasteiger partial charge is 0.291 e. The van der Waals surface area contributed by atoms with Gasteiger partial charge in [-0.3, -0.25) is 4.79 Å². The van der Waals surface area contributed by atoms with Crippen LogP contribution < -0.4 is 10.2 Å². The molecule has 2 aromatic heterocycles. The molecule has 0 spiro atoms. The van der Waals surface area contributed by atoms with E-state index in [0.717, 1.165) is 43.1 Å². The van der Waals surface area contributed by atoms with Crippen molar-refractivity contribution in [2.45, 2.75) is 52.7 Å². The molecule has 0 saturated carbocycles. The molecule has 2 aromatic rings. The van der Waals surface area contributed by atoms with Crippen molar-refractivity contribution >= 4 is 11.7 Å². The standard InChI is InChI=1S/C20H31N7O/c1-13(2)27-12-21-9-17(27)10-22-16-7-8-26(11-16)19-14(3)15(4)23-18(24-19)20(28)25(5)6/h9,12-13,16,22H,7-8,10-11H2,1-6H3/t16-/m1/s1. The van der Waals surface area contributed by atoms with Crippen molar-refractivity contribution < 1.29 is 4.79 Å². The fourth-order valence-electron chi connectivity index (χ4n) is 3.52. The van der Waals surface area contributed by atoms with E-state index in [-0.39, 0.29) is 11.7 Å². The van der Waals surface area contributed by atoms with Gasteiger partial charge in [0.15, 0.2) is 0 Å². The topological polar surface area (TPSA) is 79.2 Å². The van der Waals surface area contributed by atoms with Crippen LogP contribution in [0.15, 0.2) is 12.5 Å². The number of hydrogen-bond acceptors (Lipinski definition) is 6. The number of aryl methyl sites for hydroxylation is 1. The average Bonchev–Trinajstić information content (AvgIpc) is 3.30. The molecule has 3 heterocycles. The molecule has 1 atom stereocenters. The van der Waals surface area contributed by atoms with Crippen LogP contribution in [0.3, 0.4) is 0 Å². The van der Waals surface area contributed by atoms with Crippen molar-refractivity contribution in [1.29, 1.82) is 0 Å². The normalized spacial score (nSPS) is 16.8. The highest BCUT2D eigenvalue weighted by Crippen LogP contribution is 2.24. The Labute approximate surface area is 167 Å². The van der Waals surface area contributed by atoms with Crippen LogP contribution in [0.25, 0.3) is 0 Å². The van der Waals surface area contributed by atoms with Crippen molar-refractivity contribution in [3.05, 3.63) is 35.3 Å². The highest BCUT2D eigenvalue weighted by Gasteiger charge is 2.27. The van der Waals surface area contributed by atoms with Crippen molar-refractivity contribution in [1.82, 2.24) is 29.7 Å². The lowest BCUT2D eigenvalue weighted by molar-refractivity contribution is 0.0815. The van der Waals surface area contributed by atoms with E-state index in [0.29, 0.717) is 12.1 Å². The molecule has 1 aliphatic rings. The zero-order valence-corrected chi connectivity index (χ0v) is 17.7. The van der Waals surface area contributed by atoms with Gasteiger partial charge in [-0.25, -0.2) is 15.0 Å². The quantitative estimate of drug-likeness (QED) is 0.819. The van der Waals surface area contributed by atoms with E-state index in [1.807, 2.05) is 26.4 Å². The third-order valence-electron chi connectivity index (χ3n) is 5.32. The molecule has 0 aliphatic carbocycles. The largest absolute Gasteiger partial charge is 0.355 e. The summed E-state index contributed by atoms with van der Waals surface area (Å²) in [7, 11) is 3.44. The first-order valence-electron chi connectivity index (χ1n) is 9.83. The fourth-order valence-corrected chi connectivity index (χ4v) is 3.52. The second kappa shape index (κ2) is 8.26. The second-order valence-electron chi connectivity index (χ2n) is 7.98. The van der Waals surface area contributed by atoms with Gasteiger partial charge in [-0.2, -0.15) is 0 Å². The number of carbonyl (C=O) groups excluding carboxylic acids is 1. The predicted molar refractivity (Wildman–Crippen MR) is 110 cm³/mol. The molecule has 1 N–H and O–H groups in total. The number of amides is 1. The molecule has 0 bridgehead atoms. The summed E-state index contributed by atoms with van der Waals surface area (Å²) < 4.78 is 2.19. The van der Waals surface area contributed by atoms with E-state index in [9.17, 15) is 4.79 Å². The average molecular weight is 386 g/mol. The Bertz CT molecular complexity index is 843. The third kappa shape index (κ3) is 4.16. The van der Waals surface area contributed by atoms with Crippen LogP contribution in [0, 0.1) is 13.8 Å². The Balaban J connectivity index is 1.69. The summed E-state index contributed by atoms with van der Waals surface area (Å²) in [4.78, 5) is 29.4. The van der Waals surface area contributed by atoms with Gasteiger partial charge in [0, 0.05) is 63.3 Å². The van der Waals surface area contributed by atoms with Crippen LogP contribution in [0.2, 0.25) is 0 Å². The van der Waals surface area contributed by atoms with E-state index < -0.39 is 0 Å². The lowest BCUT2D eigenvalue weighted by Crippen LogP contribution is -2.34. The summed E-state index contributed by atoms with van der Waals surface area (Å²) in [5.74, 6) is 0.967. The number of carbonyl (C=O) groups is 1. The summed E-state index contributed by atoms with van der Waals surface area (Å²) in [6, 6.07) is 0.775. The molecule has 1 fully saturated rings.